The first-order chi connectivity index (χ1) is 11.4. The number of benzene rings is 1. The average molecular weight is 325 g/mol. The molecule has 0 bridgehead atoms. The van der Waals surface area contributed by atoms with Crippen LogP contribution >= 0.6 is 0 Å². The molecule has 24 heavy (non-hydrogen) atoms. The van der Waals surface area contributed by atoms with Crippen LogP contribution in [0.15, 0.2) is 34.9 Å². The molecule has 2 heterocycles. The first-order valence-electron chi connectivity index (χ1n) is 7.62. The lowest BCUT2D eigenvalue weighted by Gasteiger charge is -2.20. The normalized spacial score (nSPS) is 11.5. The number of hydrogen-bond donors (Lipinski definition) is 2. The molecule has 3 rings (SSSR count). The number of aromatic nitrogens is 4. The molecule has 2 aromatic heterocycles. The predicted octanol–water partition coefficient (Wildman–Crippen LogP) is 2.81. The van der Waals surface area contributed by atoms with Gasteiger partial charge in [-0.2, -0.15) is 10.1 Å². The second-order valence-corrected chi connectivity index (χ2v) is 6.17. The fraction of sp³-hybridized carbons (Fsp3) is 0.294. The van der Waals surface area contributed by atoms with Crippen molar-refractivity contribution in [3.05, 3.63) is 41.7 Å². The van der Waals surface area contributed by atoms with E-state index < -0.39 is 5.54 Å². The molecule has 0 saturated carbocycles. The molecule has 1 amide bonds. The number of nitrogens with zero attached hydrogens (tertiary/aromatic N) is 3. The van der Waals surface area contributed by atoms with Crippen molar-refractivity contribution in [2.24, 2.45) is 0 Å². The maximum Gasteiger partial charge on any atom is 0.276 e. The Morgan fingerprint density at radius 1 is 1.25 bits per heavy atom. The van der Waals surface area contributed by atoms with Crippen molar-refractivity contribution in [3.8, 4) is 22.8 Å². The van der Waals surface area contributed by atoms with Crippen molar-refractivity contribution in [1.29, 1.82) is 0 Å². The second-order valence-electron chi connectivity index (χ2n) is 6.17. The Balaban J connectivity index is 1.94. The van der Waals surface area contributed by atoms with Crippen LogP contribution in [0.3, 0.4) is 0 Å². The molecule has 0 atom stereocenters. The first-order valence-corrected chi connectivity index (χ1v) is 7.62. The standard InChI is InChI=1S/C17H19N5O2/c1-10-13(12-8-6-5-7-9-12)20-21-14(10)15-18-16(22-24-15)17(3,4)19-11(2)23/h5-9H,1-4H3,(H,19,23)(H,20,21). The van der Waals surface area contributed by atoms with Crippen molar-refractivity contribution in [1.82, 2.24) is 25.7 Å². The minimum absolute atomic E-state index is 0.157. The van der Waals surface area contributed by atoms with E-state index in [1.165, 1.54) is 6.92 Å². The Kier molecular flexibility index (Phi) is 3.92. The van der Waals surface area contributed by atoms with E-state index in [0.29, 0.717) is 17.4 Å². The topological polar surface area (TPSA) is 96.7 Å². The molecule has 2 N–H and O–H groups in total. The minimum atomic E-state index is -0.718. The molecule has 0 radical (unpaired) electrons. The van der Waals surface area contributed by atoms with Crippen LogP contribution in [-0.2, 0) is 10.3 Å². The molecule has 7 heteroatoms. The highest BCUT2D eigenvalue weighted by molar-refractivity contribution is 5.74. The molecule has 0 aliphatic carbocycles. The molecule has 124 valence electrons. The van der Waals surface area contributed by atoms with E-state index in [-0.39, 0.29) is 5.91 Å². The molecular weight excluding hydrogens is 306 g/mol. The van der Waals surface area contributed by atoms with E-state index in [1.807, 2.05) is 51.1 Å². The third kappa shape index (κ3) is 2.92. The zero-order chi connectivity index (χ0) is 17.3. The molecular formula is C17H19N5O2. The summed E-state index contributed by atoms with van der Waals surface area (Å²) in [6.07, 6.45) is 0. The Labute approximate surface area is 139 Å². The van der Waals surface area contributed by atoms with Crippen molar-refractivity contribution in [3.63, 3.8) is 0 Å². The number of amides is 1. The molecule has 0 saturated heterocycles. The van der Waals surface area contributed by atoms with Crippen LogP contribution in [0.1, 0.15) is 32.2 Å². The fourth-order valence-electron chi connectivity index (χ4n) is 2.56. The molecule has 0 fully saturated rings. The lowest BCUT2D eigenvalue weighted by atomic mass is 10.0. The minimum Gasteiger partial charge on any atom is -0.344 e. The van der Waals surface area contributed by atoms with Crippen molar-refractivity contribution >= 4 is 5.91 Å². The van der Waals surface area contributed by atoms with Gasteiger partial charge in [0.15, 0.2) is 5.82 Å². The zero-order valence-electron chi connectivity index (χ0n) is 14.0. The van der Waals surface area contributed by atoms with Crippen molar-refractivity contribution in [2.45, 2.75) is 33.2 Å². The Hall–Kier alpha value is -2.96. The van der Waals surface area contributed by atoms with Crippen molar-refractivity contribution < 1.29 is 9.32 Å². The summed E-state index contributed by atoms with van der Waals surface area (Å²) < 4.78 is 5.36. The van der Waals surface area contributed by atoms with E-state index in [2.05, 4.69) is 25.7 Å². The van der Waals surface area contributed by atoms with Crippen molar-refractivity contribution in [2.75, 3.05) is 0 Å². The number of carbonyl (C=O) groups excluding carboxylic acids is 1. The van der Waals surface area contributed by atoms with Gasteiger partial charge in [-0.1, -0.05) is 35.5 Å². The average Bonchev–Trinajstić information content (AvgIpc) is 3.14. The number of aromatic amines is 1. The van der Waals surface area contributed by atoms with Crippen LogP contribution < -0.4 is 5.32 Å². The van der Waals surface area contributed by atoms with Gasteiger partial charge in [-0.05, 0) is 20.8 Å². The monoisotopic (exact) mass is 325 g/mol. The summed E-state index contributed by atoms with van der Waals surface area (Å²) in [4.78, 5) is 15.7. The molecule has 7 nitrogen and oxygen atoms in total. The maximum absolute atomic E-state index is 11.3. The Morgan fingerprint density at radius 2 is 1.96 bits per heavy atom. The summed E-state index contributed by atoms with van der Waals surface area (Å²) in [6, 6.07) is 9.87. The largest absolute Gasteiger partial charge is 0.344 e. The zero-order valence-corrected chi connectivity index (χ0v) is 14.0. The highest BCUT2D eigenvalue weighted by Crippen LogP contribution is 2.29. The molecule has 0 aliphatic rings. The third-order valence-electron chi connectivity index (χ3n) is 3.74. The van der Waals surface area contributed by atoms with Gasteiger partial charge in [0.25, 0.3) is 5.89 Å². The summed E-state index contributed by atoms with van der Waals surface area (Å²) in [7, 11) is 0. The van der Waals surface area contributed by atoms with Gasteiger partial charge in [0.05, 0.1) is 11.2 Å². The highest BCUT2D eigenvalue weighted by Gasteiger charge is 2.28. The molecule has 0 aliphatic heterocycles. The van der Waals surface area contributed by atoms with Gasteiger partial charge >= 0.3 is 0 Å². The summed E-state index contributed by atoms with van der Waals surface area (Å²) in [5.41, 5.74) is 2.73. The van der Waals surface area contributed by atoms with Gasteiger partial charge in [0.1, 0.15) is 5.69 Å². The number of rotatable bonds is 4. The number of carbonyl (C=O) groups is 1. The smallest absolute Gasteiger partial charge is 0.276 e. The van der Waals surface area contributed by atoms with Crippen LogP contribution in [0.5, 0.6) is 0 Å². The van der Waals surface area contributed by atoms with Crippen LogP contribution in [0.25, 0.3) is 22.8 Å². The SMILES string of the molecule is CC(=O)NC(C)(C)c1noc(-c2[nH]nc(-c3ccccc3)c2C)n1. The van der Waals surface area contributed by atoms with Gasteiger partial charge in [0, 0.05) is 18.1 Å². The van der Waals surface area contributed by atoms with Gasteiger partial charge in [-0.15, -0.1) is 0 Å². The van der Waals surface area contributed by atoms with Crippen LogP contribution in [0, 0.1) is 6.92 Å². The second kappa shape index (κ2) is 5.92. The first kappa shape index (κ1) is 15.9. The molecule has 0 spiro atoms. The lowest BCUT2D eigenvalue weighted by Crippen LogP contribution is -2.40. The fourth-order valence-corrected chi connectivity index (χ4v) is 2.56. The summed E-state index contributed by atoms with van der Waals surface area (Å²) >= 11 is 0. The van der Waals surface area contributed by atoms with Crippen LogP contribution in [0.2, 0.25) is 0 Å². The summed E-state index contributed by atoms with van der Waals surface area (Å²) in [5.74, 6) is 0.592. The quantitative estimate of drug-likeness (QED) is 0.769. The predicted molar refractivity (Wildman–Crippen MR) is 88.9 cm³/mol. The maximum atomic E-state index is 11.3. The van der Waals surface area contributed by atoms with Crippen LogP contribution in [0.4, 0.5) is 0 Å². The van der Waals surface area contributed by atoms with Gasteiger partial charge in [-0.3, -0.25) is 9.89 Å². The number of H-pyrrole nitrogens is 1. The van der Waals surface area contributed by atoms with E-state index in [9.17, 15) is 4.79 Å². The van der Waals surface area contributed by atoms with Gasteiger partial charge in [-0.25, -0.2) is 0 Å². The van der Waals surface area contributed by atoms with Crippen LogP contribution in [-0.4, -0.2) is 26.2 Å². The van der Waals surface area contributed by atoms with E-state index in [0.717, 1.165) is 16.8 Å². The van der Waals surface area contributed by atoms with E-state index in [4.69, 9.17) is 4.52 Å². The molecule has 0 unspecified atom stereocenters. The van der Waals surface area contributed by atoms with Gasteiger partial charge < -0.3 is 9.84 Å². The molecule has 1 aromatic carbocycles. The summed E-state index contributed by atoms with van der Waals surface area (Å²) in [5, 5.41) is 14.1. The number of hydrogen-bond acceptors (Lipinski definition) is 5. The number of nitrogens with one attached hydrogen (secondary N) is 2. The molecule has 3 aromatic rings. The lowest BCUT2D eigenvalue weighted by molar-refractivity contribution is -0.120. The van der Waals surface area contributed by atoms with E-state index >= 15 is 0 Å². The summed E-state index contributed by atoms with van der Waals surface area (Å²) in [6.45, 7) is 7.04. The highest BCUT2D eigenvalue weighted by atomic mass is 16.5. The Morgan fingerprint density at radius 3 is 2.62 bits per heavy atom. The van der Waals surface area contributed by atoms with Gasteiger partial charge in [0.2, 0.25) is 5.91 Å². The third-order valence-corrected chi connectivity index (χ3v) is 3.74. The van der Waals surface area contributed by atoms with E-state index in [1.54, 1.807) is 0 Å². The Bertz CT molecular complexity index is 864.